The van der Waals surface area contributed by atoms with Crippen molar-refractivity contribution in [3.8, 4) is 0 Å². The van der Waals surface area contributed by atoms with Gasteiger partial charge in [0.1, 0.15) is 0 Å². The number of likely N-dealkylation sites (tertiary alicyclic amines) is 1. The van der Waals surface area contributed by atoms with Gasteiger partial charge in [-0.2, -0.15) is 0 Å². The normalized spacial score (nSPS) is 29.0. The second-order valence-electron chi connectivity index (χ2n) is 6.06. The highest BCUT2D eigenvalue weighted by Crippen LogP contribution is 2.14. The van der Waals surface area contributed by atoms with Crippen molar-refractivity contribution in [2.24, 2.45) is 0 Å². The molecular weight excluding hydrogens is 226 g/mol. The molecular formula is C14H29N3O. The third-order valence-corrected chi connectivity index (χ3v) is 4.04. The van der Waals surface area contributed by atoms with Crippen molar-refractivity contribution in [2.75, 3.05) is 45.9 Å². The Kier molecular flexibility index (Phi) is 5.42. The summed E-state index contributed by atoms with van der Waals surface area (Å²) in [5, 5.41) is 3.65. The Labute approximate surface area is 112 Å². The summed E-state index contributed by atoms with van der Waals surface area (Å²) in [4.78, 5) is 5.17. The summed E-state index contributed by atoms with van der Waals surface area (Å²) in [6.07, 6.45) is 1.30. The van der Waals surface area contributed by atoms with Gasteiger partial charge in [0.2, 0.25) is 0 Å². The Balaban J connectivity index is 1.71. The Morgan fingerprint density at radius 3 is 2.56 bits per heavy atom. The van der Waals surface area contributed by atoms with Crippen LogP contribution in [0.2, 0.25) is 0 Å². The van der Waals surface area contributed by atoms with Crippen molar-refractivity contribution in [1.29, 1.82) is 0 Å². The molecule has 0 amide bonds. The fourth-order valence-corrected chi connectivity index (χ4v) is 3.07. The van der Waals surface area contributed by atoms with Crippen LogP contribution >= 0.6 is 0 Å². The zero-order valence-corrected chi connectivity index (χ0v) is 12.2. The van der Waals surface area contributed by atoms with Crippen molar-refractivity contribution in [3.63, 3.8) is 0 Å². The van der Waals surface area contributed by atoms with Gasteiger partial charge < -0.3 is 10.1 Å². The molecule has 2 unspecified atom stereocenters. The lowest BCUT2D eigenvalue weighted by molar-refractivity contribution is 0.0264. The smallest absolute Gasteiger partial charge is 0.0594 e. The quantitative estimate of drug-likeness (QED) is 0.786. The van der Waals surface area contributed by atoms with E-state index >= 15 is 0 Å². The molecule has 2 atom stereocenters. The average molecular weight is 255 g/mol. The van der Waals surface area contributed by atoms with E-state index < -0.39 is 0 Å². The molecule has 0 aromatic rings. The van der Waals surface area contributed by atoms with Crippen LogP contribution in [0.3, 0.4) is 0 Å². The van der Waals surface area contributed by atoms with E-state index in [1.54, 1.807) is 0 Å². The highest BCUT2D eigenvalue weighted by Gasteiger charge is 2.27. The molecule has 2 aliphatic heterocycles. The summed E-state index contributed by atoms with van der Waals surface area (Å²) in [7, 11) is 0. The number of hydrogen-bond donors (Lipinski definition) is 1. The molecule has 106 valence electrons. The van der Waals surface area contributed by atoms with E-state index in [1.807, 2.05) is 0 Å². The molecule has 0 aromatic carbocycles. The number of hydrogen-bond acceptors (Lipinski definition) is 4. The SMILES string of the molecule is CC(C)NC1CCN(C(C)CN2CCOCC2)C1. The summed E-state index contributed by atoms with van der Waals surface area (Å²) < 4.78 is 5.40. The largest absolute Gasteiger partial charge is 0.379 e. The maximum Gasteiger partial charge on any atom is 0.0594 e. The maximum atomic E-state index is 5.40. The minimum Gasteiger partial charge on any atom is -0.379 e. The molecule has 18 heavy (non-hydrogen) atoms. The number of morpholine rings is 1. The second kappa shape index (κ2) is 6.85. The first-order chi connectivity index (χ1) is 8.65. The summed E-state index contributed by atoms with van der Waals surface area (Å²) in [5.74, 6) is 0. The summed E-state index contributed by atoms with van der Waals surface area (Å²) >= 11 is 0. The molecule has 0 radical (unpaired) electrons. The lowest BCUT2D eigenvalue weighted by Crippen LogP contribution is -2.46. The summed E-state index contributed by atoms with van der Waals surface area (Å²) in [5.41, 5.74) is 0. The molecule has 1 N–H and O–H groups in total. The molecule has 2 aliphatic rings. The highest BCUT2D eigenvalue weighted by molar-refractivity contribution is 4.86. The number of ether oxygens (including phenoxy) is 1. The van der Waals surface area contributed by atoms with Crippen molar-refractivity contribution < 1.29 is 4.74 Å². The second-order valence-corrected chi connectivity index (χ2v) is 6.06. The molecule has 4 nitrogen and oxygen atoms in total. The van der Waals surface area contributed by atoms with Crippen LogP contribution in [0.5, 0.6) is 0 Å². The maximum absolute atomic E-state index is 5.40. The zero-order chi connectivity index (χ0) is 13.0. The Hall–Kier alpha value is -0.160. The van der Waals surface area contributed by atoms with Crippen molar-refractivity contribution in [2.45, 2.75) is 45.3 Å². The molecule has 2 heterocycles. The predicted molar refractivity (Wildman–Crippen MR) is 75.0 cm³/mol. The summed E-state index contributed by atoms with van der Waals surface area (Å²) in [6, 6.07) is 1.96. The van der Waals surface area contributed by atoms with Gasteiger partial charge >= 0.3 is 0 Å². The number of rotatable bonds is 5. The molecule has 2 fully saturated rings. The Morgan fingerprint density at radius 1 is 1.17 bits per heavy atom. The molecule has 0 spiro atoms. The van der Waals surface area contributed by atoms with E-state index in [-0.39, 0.29) is 0 Å². The van der Waals surface area contributed by atoms with Crippen molar-refractivity contribution in [3.05, 3.63) is 0 Å². The van der Waals surface area contributed by atoms with Gasteiger partial charge in [0, 0.05) is 50.8 Å². The standard InChI is InChI=1S/C14H29N3O/c1-12(2)15-14-4-5-17(11-14)13(3)10-16-6-8-18-9-7-16/h12-15H,4-11H2,1-3H3. The molecule has 0 aromatic heterocycles. The molecule has 0 aliphatic carbocycles. The lowest BCUT2D eigenvalue weighted by atomic mass is 10.2. The van der Waals surface area contributed by atoms with Crippen LogP contribution < -0.4 is 5.32 Å². The van der Waals surface area contributed by atoms with E-state index in [0.717, 1.165) is 26.3 Å². The van der Waals surface area contributed by atoms with E-state index in [9.17, 15) is 0 Å². The van der Waals surface area contributed by atoms with Gasteiger partial charge in [-0.1, -0.05) is 13.8 Å². The number of nitrogens with zero attached hydrogens (tertiary/aromatic N) is 2. The third kappa shape index (κ3) is 4.19. The zero-order valence-electron chi connectivity index (χ0n) is 12.2. The van der Waals surface area contributed by atoms with Crippen LogP contribution in [0.4, 0.5) is 0 Å². The first-order valence-corrected chi connectivity index (χ1v) is 7.45. The predicted octanol–water partition coefficient (Wildman–Crippen LogP) is 0.779. The first kappa shape index (κ1) is 14.3. The number of nitrogens with one attached hydrogen (secondary N) is 1. The van der Waals surface area contributed by atoms with Crippen LogP contribution in [0.15, 0.2) is 0 Å². The minimum atomic E-state index is 0.601. The van der Waals surface area contributed by atoms with E-state index in [1.165, 1.54) is 26.1 Å². The Morgan fingerprint density at radius 2 is 1.89 bits per heavy atom. The van der Waals surface area contributed by atoms with Gasteiger partial charge in [0.25, 0.3) is 0 Å². The van der Waals surface area contributed by atoms with Crippen LogP contribution in [0.1, 0.15) is 27.2 Å². The minimum absolute atomic E-state index is 0.601. The Bertz CT molecular complexity index is 241. The van der Waals surface area contributed by atoms with Crippen LogP contribution in [0.25, 0.3) is 0 Å². The lowest BCUT2D eigenvalue weighted by Gasteiger charge is -2.33. The first-order valence-electron chi connectivity index (χ1n) is 7.45. The van der Waals surface area contributed by atoms with Crippen LogP contribution in [-0.4, -0.2) is 73.9 Å². The van der Waals surface area contributed by atoms with Gasteiger partial charge in [-0.15, -0.1) is 0 Å². The van der Waals surface area contributed by atoms with Gasteiger partial charge in [0.15, 0.2) is 0 Å². The van der Waals surface area contributed by atoms with Gasteiger partial charge in [0.05, 0.1) is 13.2 Å². The van der Waals surface area contributed by atoms with Gasteiger partial charge in [-0.25, -0.2) is 0 Å². The third-order valence-electron chi connectivity index (χ3n) is 4.04. The van der Waals surface area contributed by atoms with Crippen molar-refractivity contribution >= 4 is 0 Å². The van der Waals surface area contributed by atoms with Gasteiger partial charge in [-0.05, 0) is 13.3 Å². The summed E-state index contributed by atoms with van der Waals surface area (Å²) in [6.45, 7) is 14.5. The van der Waals surface area contributed by atoms with E-state index in [4.69, 9.17) is 4.74 Å². The highest BCUT2D eigenvalue weighted by atomic mass is 16.5. The topological polar surface area (TPSA) is 27.7 Å². The van der Waals surface area contributed by atoms with E-state index in [0.29, 0.717) is 18.1 Å². The monoisotopic (exact) mass is 255 g/mol. The average Bonchev–Trinajstić information content (AvgIpc) is 2.78. The van der Waals surface area contributed by atoms with Crippen molar-refractivity contribution in [1.82, 2.24) is 15.1 Å². The molecule has 2 rings (SSSR count). The fourth-order valence-electron chi connectivity index (χ4n) is 3.07. The molecule has 0 bridgehead atoms. The van der Waals surface area contributed by atoms with Crippen LogP contribution in [0, 0.1) is 0 Å². The molecule has 0 saturated carbocycles. The van der Waals surface area contributed by atoms with Crippen LogP contribution in [-0.2, 0) is 4.74 Å². The molecule has 4 heteroatoms. The fraction of sp³-hybridized carbons (Fsp3) is 1.00. The molecule has 2 saturated heterocycles. The van der Waals surface area contributed by atoms with Gasteiger partial charge in [-0.3, -0.25) is 9.80 Å². The van der Waals surface area contributed by atoms with E-state index in [2.05, 4.69) is 35.9 Å².